The second kappa shape index (κ2) is 9.79. The van der Waals surface area contributed by atoms with Crippen molar-refractivity contribution in [2.24, 2.45) is 11.8 Å². The summed E-state index contributed by atoms with van der Waals surface area (Å²) in [5.74, 6) is 2.57. The van der Waals surface area contributed by atoms with Crippen molar-refractivity contribution in [1.82, 2.24) is 0 Å². The maximum absolute atomic E-state index is 10.4. The minimum atomic E-state index is -0.963. The first-order chi connectivity index (χ1) is 13.6. The Balaban J connectivity index is 0.000000264. The lowest BCUT2D eigenvalue weighted by Gasteiger charge is -2.07. The van der Waals surface area contributed by atoms with Gasteiger partial charge in [0.1, 0.15) is 18.1 Å². The third-order valence-electron chi connectivity index (χ3n) is 5.03. The largest absolute Gasteiger partial charge is 0.497 e. The molecule has 0 radical (unpaired) electrons. The highest BCUT2D eigenvalue weighted by molar-refractivity contribution is 5.85. The molecule has 2 atom stereocenters. The van der Waals surface area contributed by atoms with Gasteiger partial charge >= 0.3 is 5.97 Å². The Bertz CT molecular complexity index is 807. The molecular weight excluding hydrogens is 352 g/mol. The predicted octanol–water partition coefficient (Wildman–Crippen LogP) is 5.34. The summed E-state index contributed by atoms with van der Waals surface area (Å²) < 4.78 is 10.8. The molecule has 0 aromatic heterocycles. The van der Waals surface area contributed by atoms with E-state index in [0.29, 0.717) is 6.61 Å². The summed E-state index contributed by atoms with van der Waals surface area (Å²) in [4.78, 5) is 10.4. The van der Waals surface area contributed by atoms with Crippen molar-refractivity contribution in [3.63, 3.8) is 0 Å². The molecule has 1 N–H and O–H groups in total. The fourth-order valence-corrected chi connectivity index (χ4v) is 3.45. The smallest absolute Gasteiger partial charge is 0.328 e. The van der Waals surface area contributed by atoms with Crippen molar-refractivity contribution in [1.29, 1.82) is 0 Å². The summed E-state index contributed by atoms with van der Waals surface area (Å²) in [6.07, 6.45) is 11.8. The number of rotatable bonds is 6. The Kier molecular flexibility index (Phi) is 6.90. The molecule has 146 valence electrons. The molecule has 0 amide bonds. The fourth-order valence-electron chi connectivity index (χ4n) is 3.45. The summed E-state index contributed by atoms with van der Waals surface area (Å²) in [5.41, 5.74) is 1.86. The first kappa shape index (κ1) is 19.7. The summed E-state index contributed by atoms with van der Waals surface area (Å²) in [7, 11) is 1.63. The minimum Gasteiger partial charge on any atom is -0.497 e. The van der Waals surface area contributed by atoms with Crippen LogP contribution in [0.2, 0.25) is 0 Å². The predicted molar refractivity (Wildman–Crippen MR) is 110 cm³/mol. The van der Waals surface area contributed by atoms with E-state index in [2.05, 4.69) is 12.2 Å². The van der Waals surface area contributed by atoms with Gasteiger partial charge in [0.15, 0.2) is 0 Å². The SMILES string of the molecule is C1=CC2CCC1C2.COc1ccc(COc2ccc(C=CC(=O)O)cc2)cc1. The van der Waals surface area contributed by atoms with Crippen LogP contribution in [0.5, 0.6) is 11.5 Å². The number of hydrogen-bond donors (Lipinski definition) is 1. The molecule has 2 unspecified atom stereocenters. The quantitative estimate of drug-likeness (QED) is 0.544. The van der Waals surface area contributed by atoms with Gasteiger partial charge in [-0.1, -0.05) is 36.4 Å². The summed E-state index contributed by atoms with van der Waals surface area (Å²) in [5, 5.41) is 8.56. The van der Waals surface area contributed by atoms with Gasteiger partial charge in [-0.3, -0.25) is 0 Å². The van der Waals surface area contributed by atoms with Gasteiger partial charge in [-0.25, -0.2) is 4.79 Å². The van der Waals surface area contributed by atoms with Crippen molar-refractivity contribution < 1.29 is 19.4 Å². The van der Waals surface area contributed by atoms with Crippen molar-refractivity contribution >= 4 is 12.0 Å². The van der Waals surface area contributed by atoms with Gasteiger partial charge in [0.2, 0.25) is 0 Å². The molecule has 0 spiro atoms. The second-order valence-corrected chi connectivity index (χ2v) is 7.10. The topological polar surface area (TPSA) is 55.8 Å². The number of carboxylic acid groups (broad SMARTS) is 1. The van der Waals surface area contributed by atoms with Crippen LogP contribution >= 0.6 is 0 Å². The van der Waals surface area contributed by atoms with E-state index in [-0.39, 0.29) is 0 Å². The van der Waals surface area contributed by atoms with Crippen molar-refractivity contribution in [3.05, 3.63) is 77.9 Å². The van der Waals surface area contributed by atoms with Crippen molar-refractivity contribution in [3.8, 4) is 11.5 Å². The number of allylic oxidation sites excluding steroid dienone is 2. The molecule has 0 aliphatic heterocycles. The lowest BCUT2D eigenvalue weighted by Crippen LogP contribution is -1.95. The number of carbonyl (C=O) groups is 1. The second-order valence-electron chi connectivity index (χ2n) is 7.10. The van der Waals surface area contributed by atoms with Crippen LogP contribution in [0.25, 0.3) is 6.08 Å². The van der Waals surface area contributed by atoms with Gasteiger partial charge in [0.05, 0.1) is 7.11 Å². The lowest BCUT2D eigenvalue weighted by atomic mass is 10.1. The average molecular weight is 378 g/mol. The molecule has 0 saturated heterocycles. The van der Waals surface area contributed by atoms with E-state index in [1.165, 1.54) is 25.3 Å². The van der Waals surface area contributed by atoms with Crippen molar-refractivity contribution in [2.45, 2.75) is 25.9 Å². The monoisotopic (exact) mass is 378 g/mol. The molecule has 4 nitrogen and oxygen atoms in total. The van der Waals surface area contributed by atoms with E-state index >= 15 is 0 Å². The molecule has 1 fully saturated rings. The molecule has 0 heterocycles. The molecule has 2 aliphatic rings. The summed E-state index contributed by atoms with van der Waals surface area (Å²) in [6, 6.07) is 14.9. The van der Waals surface area contributed by atoms with Gasteiger partial charge in [-0.15, -0.1) is 0 Å². The van der Waals surface area contributed by atoms with Crippen LogP contribution in [0.1, 0.15) is 30.4 Å². The summed E-state index contributed by atoms with van der Waals surface area (Å²) >= 11 is 0. The highest BCUT2D eigenvalue weighted by atomic mass is 16.5. The standard InChI is InChI=1S/C17H16O4.C7H10/c1-20-15-7-4-14(5-8-15)12-21-16-9-2-13(3-10-16)6-11-17(18)19;1-2-7-4-3-6(1)5-7/h2-11H,12H2,1H3,(H,18,19);1-2,6-7H,3-5H2. The number of benzene rings is 2. The van der Waals surface area contributed by atoms with Crippen LogP contribution < -0.4 is 9.47 Å². The van der Waals surface area contributed by atoms with Crippen LogP contribution in [0.4, 0.5) is 0 Å². The van der Waals surface area contributed by atoms with Crippen LogP contribution in [-0.4, -0.2) is 18.2 Å². The number of ether oxygens (including phenoxy) is 2. The van der Waals surface area contributed by atoms with Crippen LogP contribution in [0, 0.1) is 11.8 Å². The normalized spacial score (nSPS) is 19.3. The van der Waals surface area contributed by atoms with Crippen LogP contribution in [0.3, 0.4) is 0 Å². The zero-order valence-corrected chi connectivity index (χ0v) is 16.1. The molecule has 1 saturated carbocycles. The average Bonchev–Trinajstić information content (AvgIpc) is 3.38. The molecule has 4 heteroatoms. The van der Waals surface area contributed by atoms with Gasteiger partial charge < -0.3 is 14.6 Å². The van der Waals surface area contributed by atoms with Gasteiger partial charge in [0, 0.05) is 6.08 Å². The zero-order valence-electron chi connectivity index (χ0n) is 16.1. The van der Waals surface area contributed by atoms with Crippen molar-refractivity contribution in [2.75, 3.05) is 7.11 Å². The summed E-state index contributed by atoms with van der Waals surface area (Å²) in [6.45, 7) is 0.467. The molecule has 2 bridgehead atoms. The van der Waals surface area contributed by atoms with Gasteiger partial charge in [-0.2, -0.15) is 0 Å². The van der Waals surface area contributed by atoms with E-state index in [1.54, 1.807) is 7.11 Å². The van der Waals surface area contributed by atoms with E-state index < -0.39 is 5.97 Å². The third-order valence-corrected chi connectivity index (χ3v) is 5.03. The minimum absolute atomic E-state index is 0.467. The Labute approximate surface area is 166 Å². The van der Waals surface area contributed by atoms with E-state index in [0.717, 1.165) is 40.5 Å². The van der Waals surface area contributed by atoms with Gasteiger partial charge in [0.25, 0.3) is 0 Å². The van der Waals surface area contributed by atoms with Gasteiger partial charge in [-0.05, 0) is 72.6 Å². The van der Waals surface area contributed by atoms with E-state index in [9.17, 15) is 4.79 Å². The number of methoxy groups -OCH3 is 1. The Hall–Kier alpha value is -3.01. The maximum Gasteiger partial charge on any atom is 0.328 e. The Morgan fingerprint density at radius 1 is 1.00 bits per heavy atom. The lowest BCUT2D eigenvalue weighted by molar-refractivity contribution is -0.131. The Morgan fingerprint density at radius 2 is 1.61 bits per heavy atom. The van der Waals surface area contributed by atoms with Crippen LogP contribution in [0.15, 0.2) is 66.8 Å². The first-order valence-corrected chi connectivity index (χ1v) is 9.57. The number of hydrogen-bond acceptors (Lipinski definition) is 3. The highest BCUT2D eigenvalue weighted by Gasteiger charge is 2.25. The molecule has 2 aromatic rings. The number of fused-ring (bicyclic) bond motifs is 2. The maximum atomic E-state index is 10.4. The number of aliphatic carboxylic acids is 1. The van der Waals surface area contributed by atoms with E-state index in [4.69, 9.17) is 14.6 Å². The number of carboxylic acids is 1. The molecular formula is C24H26O4. The first-order valence-electron chi connectivity index (χ1n) is 9.57. The van der Waals surface area contributed by atoms with Crippen LogP contribution in [-0.2, 0) is 11.4 Å². The fraction of sp³-hybridized carbons (Fsp3) is 0.292. The van der Waals surface area contributed by atoms with E-state index in [1.807, 2.05) is 48.5 Å². The molecule has 28 heavy (non-hydrogen) atoms. The highest BCUT2D eigenvalue weighted by Crippen LogP contribution is 2.38. The molecule has 2 aliphatic carbocycles. The zero-order chi connectivity index (χ0) is 19.8. The molecule has 2 aromatic carbocycles. The Morgan fingerprint density at radius 3 is 2.07 bits per heavy atom. The molecule has 4 rings (SSSR count). The third kappa shape index (κ3) is 6.02.